The first-order chi connectivity index (χ1) is 15.7. The van der Waals surface area contributed by atoms with E-state index in [1.165, 1.54) is 16.6 Å². The maximum atomic E-state index is 13.2. The molecular formula is C23H29ClN4O4S. The lowest BCUT2D eigenvalue weighted by Crippen LogP contribution is -2.43. The number of sulfonamides is 1. The van der Waals surface area contributed by atoms with Crippen LogP contribution >= 0.6 is 11.6 Å². The molecule has 0 bridgehead atoms. The number of benzene rings is 1. The van der Waals surface area contributed by atoms with Crippen molar-refractivity contribution in [1.82, 2.24) is 14.2 Å². The van der Waals surface area contributed by atoms with Crippen LogP contribution in [0, 0.1) is 11.8 Å². The summed E-state index contributed by atoms with van der Waals surface area (Å²) < 4.78 is 27.8. The van der Waals surface area contributed by atoms with Gasteiger partial charge < -0.3 is 15.2 Å². The number of nitrogens with one attached hydrogen (secondary N) is 2. The van der Waals surface area contributed by atoms with Crippen LogP contribution < -0.4 is 5.32 Å². The fraction of sp³-hybridized carbons (Fsp3) is 0.478. The van der Waals surface area contributed by atoms with Gasteiger partial charge in [-0.15, -0.1) is 0 Å². The number of anilines is 1. The Kier molecular flexibility index (Phi) is 7.11. The van der Waals surface area contributed by atoms with Gasteiger partial charge in [-0.3, -0.25) is 9.59 Å². The number of nitrogens with zero attached hydrogens (tertiary/aromatic N) is 2. The van der Waals surface area contributed by atoms with Crippen LogP contribution in [0.25, 0.3) is 0 Å². The number of H-pyrrole nitrogens is 1. The molecule has 178 valence electrons. The Labute approximate surface area is 199 Å². The van der Waals surface area contributed by atoms with Crippen molar-refractivity contribution in [2.24, 2.45) is 11.8 Å². The third-order valence-corrected chi connectivity index (χ3v) is 8.52. The smallest absolute Gasteiger partial charge is 0.270 e. The monoisotopic (exact) mass is 492 g/mol. The predicted molar refractivity (Wildman–Crippen MR) is 127 cm³/mol. The number of carbonyl (C=O) groups excluding carboxylic acids is 2. The Bertz CT molecular complexity index is 1120. The molecule has 10 heteroatoms. The van der Waals surface area contributed by atoms with Crippen molar-refractivity contribution in [2.75, 3.05) is 31.5 Å². The van der Waals surface area contributed by atoms with Gasteiger partial charge in [-0.05, 0) is 55.9 Å². The number of halogens is 1. The molecule has 33 heavy (non-hydrogen) atoms. The van der Waals surface area contributed by atoms with Crippen molar-refractivity contribution < 1.29 is 18.0 Å². The summed E-state index contributed by atoms with van der Waals surface area (Å²) in [4.78, 5) is 30.2. The van der Waals surface area contributed by atoms with E-state index in [2.05, 4.69) is 17.2 Å². The first-order valence-corrected chi connectivity index (χ1v) is 13.1. The summed E-state index contributed by atoms with van der Waals surface area (Å²) in [5.41, 5.74) is 0.851. The summed E-state index contributed by atoms with van der Waals surface area (Å²) in [6.07, 6.45) is 4.44. The highest BCUT2D eigenvalue weighted by molar-refractivity contribution is 7.89. The number of piperidine rings is 2. The Hall–Kier alpha value is -2.36. The zero-order valence-electron chi connectivity index (χ0n) is 18.6. The van der Waals surface area contributed by atoms with E-state index >= 15 is 0 Å². The quantitative estimate of drug-likeness (QED) is 0.665. The van der Waals surface area contributed by atoms with Gasteiger partial charge in [-0.2, -0.15) is 4.31 Å². The van der Waals surface area contributed by atoms with Crippen molar-refractivity contribution in [2.45, 2.75) is 37.5 Å². The zero-order valence-corrected chi connectivity index (χ0v) is 20.2. The van der Waals surface area contributed by atoms with Gasteiger partial charge >= 0.3 is 0 Å². The maximum Gasteiger partial charge on any atom is 0.270 e. The SMILES string of the molecule is CC1CCN(C(=O)c2cc(S(=O)(=O)N3CCCC(C(=O)Nc4cccc(Cl)c4)C3)c[nH]2)CC1. The summed E-state index contributed by atoms with van der Waals surface area (Å²) in [5.74, 6) is -0.290. The van der Waals surface area contributed by atoms with Crippen LogP contribution in [-0.4, -0.2) is 60.6 Å². The van der Waals surface area contributed by atoms with Crippen LogP contribution in [0.15, 0.2) is 41.4 Å². The summed E-state index contributed by atoms with van der Waals surface area (Å²) >= 11 is 5.98. The molecule has 0 radical (unpaired) electrons. The van der Waals surface area contributed by atoms with Gasteiger partial charge in [0, 0.05) is 43.1 Å². The van der Waals surface area contributed by atoms with Crippen LogP contribution in [0.2, 0.25) is 5.02 Å². The minimum atomic E-state index is -3.83. The molecule has 1 aromatic carbocycles. The van der Waals surface area contributed by atoms with Gasteiger partial charge in [0.05, 0.1) is 5.92 Å². The van der Waals surface area contributed by atoms with E-state index in [1.54, 1.807) is 29.2 Å². The number of carbonyl (C=O) groups is 2. The van der Waals surface area contributed by atoms with Gasteiger partial charge in [0.15, 0.2) is 0 Å². The molecule has 4 rings (SSSR count). The summed E-state index contributed by atoms with van der Waals surface area (Å²) in [7, 11) is -3.83. The Morgan fingerprint density at radius 3 is 2.61 bits per heavy atom. The third kappa shape index (κ3) is 5.42. The van der Waals surface area contributed by atoms with Crippen LogP contribution in [0.4, 0.5) is 5.69 Å². The molecule has 2 aliphatic rings. The Morgan fingerprint density at radius 1 is 1.12 bits per heavy atom. The van der Waals surface area contributed by atoms with Gasteiger partial charge in [-0.1, -0.05) is 24.6 Å². The second-order valence-corrected chi connectivity index (χ2v) is 11.3. The van der Waals surface area contributed by atoms with Crippen molar-refractivity contribution >= 4 is 39.1 Å². The highest BCUT2D eigenvalue weighted by atomic mass is 35.5. The molecule has 2 N–H and O–H groups in total. The fourth-order valence-electron chi connectivity index (χ4n) is 4.36. The van der Waals surface area contributed by atoms with E-state index in [0.717, 1.165) is 12.8 Å². The molecule has 0 aliphatic carbocycles. The first kappa shape index (κ1) is 23.8. The first-order valence-electron chi connectivity index (χ1n) is 11.3. The average molecular weight is 493 g/mol. The van der Waals surface area contributed by atoms with E-state index in [0.29, 0.717) is 49.1 Å². The summed E-state index contributed by atoms with van der Waals surface area (Å²) in [5, 5.41) is 3.33. The van der Waals surface area contributed by atoms with Crippen molar-refractivity contribution in [3.05, 3.63) is 47.2 Å². The minimum absolute atomic E-state index is 0.0483. The van der Waals surface area contributed by atoms with Crippen LogP contribution in [0.5, 0.6) is 0 Å². The van der Waals surface area contributed by atoms with E-state index < -0.39 is 15.9 Å². The van der Waals surface area contributed by atoms with Gasteiger partial charge in [0.1, 0.15) is 10.6 Å². The van der Waals surface area contributed by atoms with Gasteiger partial charge in [0.2, 0.25) is 15.9 Å². The van der Waals surface area contributed by atoms with Crippen LogP contribution in [0.3, 0.4) is 0 Å². The van der Waals surface area contributed by atoms with Crippen LogP contribution in [-0.2, 0) is 14.8 Å². The van der Waals surface area contributed by atoms with Crippen molar-refractivity contribution in [3.8, 4) is 0 Å². The fourth-order valence-corrected chi connectivity index (χ4v) is 6.07. The maximum absolute atomic E-state index is 13.2. The number of likely N-dealkylation sites (tertiary alicyclic amines) is 1. The zero-order chi connectivity index (χ0) is 23.6. The standard InChI is InChI=1S/C23H29ClN4O4S/c1-16-7-10-27(11-8-16)23(30)21-13-20(14-25-21)33(31,32)28-9-3-4-17(15-28)22(29)26-19-6-2-5-18(24)12-19/h2,5-6,12-14,16-17,25H,3-4,7-11,15H2,1H3,(H,26,29). The predicted octanol–water partition coefficient (Wildman–Crippen LogP) is 3.58. The molecule has 1 atom stereocenters. The topological polar surface area (TPSA) is 103 Å². The van der Waals surface area contributed by atoms with E-state index in [1.807, 2.05) is 0 Å². The number of hydrogen-bond acceptors (Lipinski definition) is 4. The number of hydrogen-bond donors (Lipinski definition) is 2. The van der Waals surface area contributed by atoms with E-state index in [-0.39, 0.29) is 28.9 Å². The van der Waals surface area contributed by atoms with Gasteiger partial charge in [-0.25, -0.2) is 8.42 Å². The van der Waals surface area contributed by atoms with E-state index in [4.69, 9.17) is 11.6 Å². The minimum Gasteiger partial charge on any atom is -0.356 e. The van der Waals surface area contributed by atoms with Gasteiger partial charge in [0.25, 0.3) is 5.91 Å². The molecule has 8 nitrogen and oxygen atoms in total. The average Bonchev–Trinajstić information content (AvgIpc) is 3.30. The summed E-state index contributed by atoms with van der Waals surface area (Å²) in [6.45, 7) is 3.95. The van der Waals surface area contributed by atoms with Crippen LogP contribution in [0.1, 0.15) is 43.1 Å². The second kappa shape index (κ2) is 9.87. The molecule has 0 spiro atoms. The molecule has 2 saturated heterocycles. The number of rotatable bonds is 5. The number of aromatic nitrogens is 1. The molecule has 3 heterocycles. The molecule has 2 aromatic rings. The largest absolute Gasteiger partial charge is 0.356 e. The number of amides is 2. The summed E-state index contributed by atoms with van der Waals surface area (Å²) in [6, 6.07) is 8.25. The van der Waals surface area contributed by atoms with Crippen molar-refractivity contribution in [3.63, 3.8) is 0 Å². The molecule has 1 aromatic heterocycles. The third-order valence-electron chi connectivity index (χ3n) is 6.44. The molecule has 0 saturated carbocycles. The van der Waals surface area contributed by atoms with Crippen molar-refractivity contribution in [1.29, 1.82) is 0 Å². The Morgan fingerprint density at radius 2 is 1.88 bits per heavy atom. The molecule has 2 amide bonds. The lowest BCUT2D eigenvalue weighted by Gasteiger charge is -2.31. The molecule has 2 fully saturated rings. The normalized spacial score (nSPS) is 20.5. The lowest BCUT2D eigenvalue weighted by molar-refractivity contribution is -0.120. The second-order valence-electron chi connectivity index (χ2n) is 8.93. The highest BCUT2D eigenvalue weighted by Gasteiger charge is 2.34. The van der Waals surface area contributed by atoms with E-state index in [9.17, 15) is 18.0 Å². The number of aromatic amines is 1. The molecular weight excluding hydrogens is 464 g/mol. The highest BCUT2D eigenvalue weighted by Crippen LogP contribution is 2.26. The Balaban J connectivity index is 1.43. The molecule has 2 aliphatic heterocycles. The molecule has 1 unspecified atom stereocenters. The lowest BCUT2D eigenvalue weighted by atomic mass is 9.99.